The molecule has 4 rings (SSSR count). The third kappa shape index (κ3) is 3.94. The summed E-state index contributed by atoms with van der Waals surface area (Å²) in [6.45, 7) is 9.08. The van der Waals surface area contributed by atoms with E-state index in [1.165, 1.54) is 24.1 Å². The smallest absolute Gasteiger partial charge is 0.230 e. The molecule has 1 aromatic heterocycles. The van der Waals surface area contributed by atoms with E-state index >= 15 is 0 Å². The van der Waals surface area contributed by atoms with Gasteiger partial charge in [-0.15, -0.1) is 11.3 Å². The lowest BCUT2D eigenvalue weighted by Crippen LogP contribution is -2.53. The largest absolute Gasteiger partial charge is 0.342 e. The van der Waals surface area contributed by atoms with Gasteiger partial charge in [-0.2, -0.15) is 0 Å². The van der Waals surface area contributed by atoms with Gasteiger partial charge in [0.25, 0.3) is 0 Å². The summed E-state index contributed by atoms with van der Waals surface area (Å²) in [6, 6.07) is 10.4. The number of benzene rings is 1. The highest BCUT2D eigenvalue weighted by molar-refractivity contribution is 7.09. The number of likely N-dealkylation sites (N-methyl/N-ethyl adjacent to an activating group) is 1. The lowest BCUT2D eigenvalue weighted by molar-refractivity contribution is -0.141. The zero-order valence-electron chi connectivity index (χ0n) is 16.4. The van der Waals surface area contributed by atoms with Crippen LogP contribution in [0.3, 0.4) is 0 Å². The normalized spacial score (nSPS) is 23.1. The van der Waals surface area contributed by atoms with Crippen molar-refractivity contribution in [3.63, 3.8) is 0 Å². The summed E-state index contributed by atoms with van der Waals surface area (Å²) in [5, 5.41) is 3.33. The first-order chi connectivity index (χ1) is 13.1. The van der Waals surface area contributed by atoms with E-state index in [1.807, 2.05) is 6.07 Å². The van der Waals surface area contributed by atoms with Crippen LogP contribution < -0.4 is 0 Å². The van der Waals surface area contributed by atoms with Crippen LogP contribution in [0.5, 0.6) is 0 Å². The number of hydrogen-bond donors (Lipinski definition) is 0. The molecule has 1 spiro atoms. The van der Waals surface area contributed by atoms with Crippen LogP contribution in [0.2, 0.25) is 0 Å². The number of amides is 1. The number of piperidine rings is 2. The second-order valence-corrected chi connectivity index (χ2v) is 9.22. The number of aryl methyl sites for hydroxylation is 1. The number of aromatic nitrogens is 1. The summed E-state index contributed by atoms with van der Waals surface area (Å²) in [5.74, 6) is 0.336. The van der Waals surface area contributed by atoms with Crippen molar-refractivity contribution in [1.82, 2.24) is 14.8 Å². The SMILES string of the molecule is CCN1CC2(CCN(Cc3csc(C)n3)CC2)CC(c2ccccc2)C1=O. The van der Waals surface area contributed by atoms with E-state index in [9.17, 15) is 4.79 Å². The number of thiazole rings is 1. The van der Waals surface area contributed by atoms with Gasteiger partial charge < -0.3 is 4.90 Å². The number of nitrogens with zero attached hydrogens (tertiary/aromatic N) is 3. The molecule has 2 aliphatic heterocycles. The lowest BCUT2D eigenvalue weighted by Gasteiger charge is -2.49. The Hall–Kier alpha value is -1.72. The molecule has 4 nitrogen and oxygen atoms in total. The van der Waals surface area contributed by atoms with Crippen molar-refractivity contribution in [3.05, 3.63) is 52.0 Å². The topological polar surface area (TPSA) is 36.4 Å². The van der Waals surface area contributed by atoms with Crippen LogP contribution in [0.1, 0.15) is 48.4 Å². The van der Waals surface area contributed by atoms with E-state index in [-0.39, 0.29) is 11.3 Å². The molecule has 2 aromatic rings. The fraction of sp³-hybridized carbons (Fsp3) is 0.545. The molecule has 3 heterocycles. The molecule has 0 saturated carbocycles. The quantitative estimate of drug-likeness (QED) is 0.798. The Morgan fingerprint density at radius 1 is 1.22 bits per heavy atom. The van der Waals surface area contributed by atoms with Gasteiger partial charge in [-0.25, -0.2) is 4.98 Å². The van der Waals surface area contributed by atoms with E-state index in [4.69, 9.17) is 0 Å². The summed E-state index contributed by atoms with van der Waals surface area (Å²) in [7, 11) is 0. The van der Waals surface area contributed by atoms with E-state index < -0.39 is 0 Å². The van der Waals surface area contributed by atoms with Crippen molar-refractivity contribution in [2.24, 2.45) is 5.41 Å². The van der Waals surface area contributed by atoms with Crippen molar-refractivity contribution >= 4 is 17.2 Å². The summed E-state index contributed by atoms with van der Waals surface area (Å²) in [6.07, 6.45) is 3.34. The van der Waals surface area contributed by atoms with Crippen molar-refractivity contribution in [1.29, 1.82) is 0 Å². The predicted octanol–water partition coefficient (Wildman–Crippen LogP) is 4.07. The first-order valence-electron chi connectivity index (χ1n) is 10.1. The third-order valence-corrected chi connectivity index (χ3v) is 7.15. The van der Waals surface area contributed by atoms with Gasteiger partial charge in [-0.05, 0) is 57.2 Å². The third-order valence-electron chi connectivity index (χ3n) is 6.33. The molecule has 144 valence electrons. The Balaban J connectivity index is 1.47. The van der Waals surface area contributed by atoms with E-state index in [0.29, 0.717) is 5.91 Å². The van der Waals surface area contributed by atoms with Crippen LogP contribution in [0.4, 0.5) is 0 Å². The molecule has 1 amide bonds. The Morgan fingerprint density at radius 3 is 2.59 bits per heavy atom. The number of likely N-dealkylation sites (tertiary alicyclic amines) is 2. The van der Waals surface area contributed by atoms with Gasteiger partial charge in [0, 0.05) is 25.0 Å². The minimum absolute atomic E-state index is 0.0210. The molecule has 0 bridgehead atoms. The minimum atomic E-state index is 0.0210. The van der Waals surface area contributed by atoms with Crippen LogP contribution >= 0.6 is 11.3 Å². The highest BCUT2D eigenvalue weighted by Crippen LogP contribution is 2.45. The lowest BCUT2D eigenvalue weighted by atomic mass is 9.67. The van der Waals surface area contributed by atoms with E-state index in [1.54, 1.807) is 11.3 Å². The second-order valence-electron chi connectivity index (χ2n) is 8.15. The van der Waals surface area contributed by atoms with Gasteiger partial charge in [-0.3, -0.25) is 9.69 Å². The highest BCUT2D eigenvalue weighted by Gasteiger charge is 2.45. The first-order valence-corrected chi connectivity index (χ1v) is 10.9. The number of carbonyl (C=O) groups is 1. The molecule has 27 heavy (non-hydrogen) atoms. The average molecular weight is 384 g/mol. The Labute approximate surface area is 166 Å². The van der Waals surface area contributed by atoms with Gasteiger partial charge in [0.15, 0.2) is 0 Å². The summed E-state index contributed by atoms with van der Waals surface area (Å²) in [4.78, 5) is 22.2. The fourth-order valence-corrected chi connectivity index (χ4v) is 5.36. The van der Waals surface area contributed by atoms with Crippen molar-refractivity contribution in [2.45, 2.75) is 45.6 Å². The number of hydrogen-bond acceptors (Lipinski definition) is 4. The monoisotopic (exact) mass is 383 g/mol. The maximum absolute atomic E-state index is 13.0. The van der Waals surface area contributed by atoms with Gasteiger partial charge in [0.1, 0.15) is 0 Å². The Bertz CT molecular complexity index is 780. The standard InChI is InChI=1S/C22H29N3OS/c1-3-25-16-22(13-20(21(25)26)18-7-5-4-6-8-18)9-11-24(12-10-22)14-19-15-27-17(2)23-19/h4-8,15,20H,3,9-14,16H2,1-2H3. The number of rotatable bonds is 4. The summed E-state index contributed by atoms with van der Waals surface area (Å²) >= 11 is 1.73. The molecule has 2 saturated heterocycles. The zero-order valence-corrected chi connectivity index (χ0v) is 17.2. The molecule has 0 radical (unpaired) electrons. The maximum atomic E-state index is 13.0. The van der Waals surface area contributed by atoms with Gasteiger partial charge >= 0.3 is 0 Å². The molecule has 5 heteroatoms. The predicted molar refractivity (Wildman–Crippen MR) is 110 cm³/mol. The summed E-state index contributed by atoms with van der Waals surface area (Å²) < 4.78 is 0. The van der Waals surface area contributed by atoms with Crippen LogP contribution in [-0.4, -0.2) is 46.9 Å². The van der Waals surface area contributed by atoms with Crippen molar-refractivity contribution in [3.8, 4) is 0 Å². The average Bonchev–Trinajstić information content (AvgIpc) is 3.11. The molecule has 1 atom stereocenters. The van der Waals surface area contributed by atoms with Crippen LogP contribution in [0, 0.1) is 12.3 Å². The van der Waals surface area contributed by atoms with Crippen LogP contribution in [0.25, 0.3) is 0 Å². The molecular weight excluding hydrogens is 354 g/mol. The molecular formula is C22H29N3OS. The molecule has 1 unspecified atom stereocenters. The fourth-order valence-electron chi connectivity index (χ4n) is 4.76. The molecule has 2 aliphatic rings. The molecule has 0 aliphatic carbocycles. The molecule has 2 fully saturated rings. The van der Waals surface area contributed by atoms with Crippen molar-refractivity contribution in [2.75, 3.05) is 26.2 Å². The van der Waals surface area contributed by atoms with Crippen LogP contribution in [-0.2, 0) is 11.3 Å². The van der Waals surface area contributed by atoms with Gasteiger partial charge in [0.05, 0.1) is 16.6 Å². The van der Waals surface area contributed by atoms with Gasteiger partial charge in [0.2, 0.25) is 5.91 Å². The Morgan fingerprint density at radius 2 is 1.96 bits per heavy atom. The maximum Gasteiger partial charge on any atom is 0.230 e. The highest BCUT2D eigenvalue weighted by atomic mass is 32.1. The summed E-state index contributed by atoms with van der Waals surface area (Å²) in [5.41, 5.74) is 2.64. The molecule has 0 N–H and O–H groups in total. The second kappa shape index (κ2) is 7.72. The zero-order chi connectivity index (χ0) is 18.9. The molecule has 1 aromatic carbocycles. The number of carbonyl (C=O) groups excluding carboxylic acids is 1. The van der Waals surface area contributed by atoms with Crippen molar-refractivity contribution < 1.29 is 4.79 Å². The van der Waals surface area contributed by atoms with E-state index in [2.05, 4.69) is 58.3 Å². The Kier molecular flexibility index (Phi) is 5.33. The van der Waals surface area contributed by atoms with Crippen LogP contribution in [0.15, 0.2) is 35.7 Å². The first kappa shape index (κ1) is 18.6. The minimum Gasteiger partial charge on any atom is -0.342 e. The van der Waals surface area contributed by atoms with E-state index in [0.717, 1.165) is 44.2 Å². The van der Waals surface area contributed by atoms with Gasteiger partial charge in [-0.1, -0.05) is 30.3 Å².